The first-order valence-electron chi connectivity index (χ1n) is 16.6. The Labute approximate surface area is 276 Å². The molecule has 1 nitrogen and oxygen atoms in total. The molecule has 6 aromatic carbocycles. The van der Waals surface area contributed by atoms with Crippen LogP contribution >= 0.6 is 0 Å². The maximum Gasteiger partial charge on any atom is 0.0528 e. The van der Waals surface area contributed by atoms with Crippen molar-refractivity contribution in [2.75, 3.05) is 0 Å². The van der Waals surface area contributed by atoms with Crippen LogP contribution in [0.15, 0.2) is 164 Å². The zero-order valence-electron chi connectivity index (χ0n) is 26.5. The minimum absolute atomic E-state index is 0.318. The van der Waals surface area contributed by atoms with Crippen molar-refractivity contribution in [3.63, 3.8) is 0 Å². The first kappa shape index (κ1) is 27.6. The van der Waals surface area contributed by atoms with E-state index in [1.54, 1.807) is 0 Å². The highest BCUT2D eigenvalue weighted by Crippen LogP contribution is 2.45. The van der Waals surface area contributed by atoms with E-state index >= 15 is 0 Å². The van der Waals surface area contributed by atoms with Gasteiger partial charge in [0.1, 0.15) is 0 Å². The quantitative estimate of drug-likeness (QED) is 0.185. The number of pyridine rings is 1. The summed E-state index contributed by atoms with van der Waals surface area (Å²) >= 11 is 0. The van der Waals surface area contributed by atoms with Crippen LogP contribution in [0.25, 0.3) is 49.8 Å². The third-order valence-electron chi connectivity index (χ3n) is 10.2. The molecule has 2 heterocycles. The summed E-state index contributed by atoms with van der Waals surface area (Å²) in [4.78, 5) is 0. The lowest BCUT2D eigenvalue weighted by Crippen LogP contribution is -2.13. The Morgan fingerprint density at radius 2 is 1.28 bits per heavy atom. The van der Waals surface area contributed by atoms with Gasteiger partial charge in [0.15, 0.2) is 0 Å². The molecule has 0 fully saturated rings. The van der Waals surface area contributed by atoms with Crippen molar-refractivity contribution < 1.29 is 0 Å². The van der Waals surface area contributed by atoms with Gasteiger partial charge in [0, 0.05) is 28.6 Å². The predicted molar refractivity (Wildman–Crippen MR) is 197 cm³/mol. The van der Waals surface area contributed by atoms with Gasteiger partial charge in [-0.25, -0.2) is 0 Å². The van der Waals surface area contributed by atoms with Crippen molar-refractivity contribution in [3.05, 3.63) is 197 Å². The summed E-state index contributed by atoms with van der Waals surface area (Å²) in [7, 11) is 0. The molecule has 0 N–H and O–H groups in total. The molecule has 0 saturated heterocycles. The molecule has 2 aromatic heterocycles. The molecule has 1 aliphatic rings. The molecule has 0 bridgehead atoms. The molecule has 1 aliphatic carbocycles. The Morgan fingerprint density at radius 1 is 0.574 bits per heavy atom. The molecule has 0 radical (unpaired) electrons. The Kier molecular flexibility index (Phi) is 6.64. The van der Waals surface area contributed by atoms with E-state index in [9.17, 15) is 0 Å². The molecular formula is C46H35N. The smallest absolute Gasteiger partial charge is 0.0528 e. The Hall–Kier alpha value is -5.66. The van der Waals surface area contributed by atoms with Crippen molar-refractivity contribution >= 4 is 16.4 Å². The lowest BCUT2D eigenvalue weighted by atomic mass is 9.75. The van der Waals surface area contributed by atoms with E-state index in [4.69, 9.17) is 0 Å². The van der Waals surface area contributed by atoms with E-state index in [2.05, 4.69) is 175 Å². The van der Waals surface area contributed by atoms with Gasteiger partial charge in [0.05, 0.1) is 5.52 Å². The van der Waals surface area contributed by atoms with Gasteiger partial charge in [-0.2, -0.15) is 0 Å². The van der Waals surface area contributed by atoms with Gasteiger partial charge >= 0.3 is 0 Å². The molecule has 47 heavy (non-hydrogen) atoms. The highest BCUT2D eigenvalue weighted by Gasteiger charge is 2.27. The number of rotatable bonds is 5. The molecule has 1 heteroatoms. The van der Waals surface area contributed by atoms with Crippen LogP contribution in [0.5, 0.6) is 0 Å². The Bertz CT molecular complexity index is 2410. The molecular weight excluding hydrogens is 567 g/mol. The van der Waals surface area contributed by atoms with Crippen LogP contribution < -0.4 is 0 Å². The standard InChI is InChI=1S/C46H35N/c1-31-20-21-34(27-42(31)40-18-10-8-16-36(40)24-32-12-4-2-5-13-32)35-22-23-41-43(33-14-6-3-7-15-33)29-38-26-39-25-37-17-9-11-19-46(37)47(39)30-45(38)44(41)28-35/h2-23,25-28,30,43H,24,29H2,1H3. The van der Waals surface area contributed by atoms with Crippen molar-refractivity contribution in [2.45, 2.75) is 25.7 Å². The molecule has 0 spiro atoms. The summed E-state index contributed by atoms with van der Waals surface area (Å²) in [6.07, 6.45) is 4.30. The number of fused-ring (bicyclic) bond motifs is 6. The van der Waals surface area contributed by atoms with E-state index in [1.165, 1.54) is 83.2 Å². The van der Waals surface area contributed by atoms with Gasteiger partial charge < -0.3 is 4.40 Å². The summed E-state index contributed by atoms with van der Waals surface area (Å²) < 4.78 is 2.38. The second kappa shape index (κ2) is 11.3. The minimum Gasteiger partial charge on any atom is -0.316 e. The van der Waals surface area contributed by atoms with Crippen molar-refractivity contribution in [1.29, 1.82) is 0 Å². The van der Waals surface area contributed by atoms with Crippen LogP contribution in [0.3, 0.4) is 0 Å². The normalized spacial score (nSPS) is 13.9. The zero-order chi connectivity index (χ0) is 31.3. The average Bonchev–Trinajstić information content (AvgIpc) is 3.49. The number of nitrogens with zero attached hydrogens (tertiary/aromatic N) is 1. The first-order chi connectivity index (χ1) is 23.2. The van der Waals surface area contributed by atoms with E-state index in [0.717, 1.165) is 12.8 Å². The number of aryl methyl sites for hydroxylation is 1. The lowest BCUT2D eigenvalue weighted by Gasteiger charge is -2.29. The number of hydrogen-bond acceptors (Lipinski definition) is 0. The van der Waals surface area contributed by atoms with Crippen LogP contribution in [0.2, 0.25) is 0 Å². The monoisotopic (exact) mass is 601 g/mol. The second-order valence-corrected chi connectivity index (χ2v) is 13.0. The maximum absolute atomic E-state index is 2.45. The maximum atomic E-state index is 2.45. The molecule has 0 saturated carbocycles. The molecule has 1 unspecified atom stereocenters. The van der Waals surface area contributed by atoms with Gasteiger partial charge in [-0.15, -0.1) is 0 Å². The fourth-order valence-electron chi connectivity index (χ4n) is 7.76. The third kappa shape index (κ3) is 4.87. The first-order valence-corrected chi connectivity index (χ1v) is 16.6. The number of aromatic nitrogens is 1. The Balaban J connectivity index is 1.19. The van der Waals surface area contributed by atoms with Crippen molar-refractivity contribution in [3.8, 4) is 33.4 Å². The Morgan fingerprint density at radius 3 is 2.13 bits per heavy atom. The summed E-state index contributed by atoms with van der Waals surface area (Å²) in [5.41, 5.74) is 18.5. The molecule has 0 amide bonds. The zero-order valence-corrected chi connectivity index (χ0v) is 26.5. The van der Waals surface area contributed by atoms with Crippen LogP contribution in [0.4, 0.5) is 0 Å². The van der Waals surface area contributed by atoms with Crippen LogP contribution in [0, 0.1) is 6.92 Å². The summed E-state index contributed by atoms with van der Waals surface area (Å²) in [5, 5.41) is 1.28. The summed E-state index contributed by atoms with van der Waals surface area (Å²) in [6.45, 7) is 2.23. The van der Waals surface area contributed by atoms with Crippen molar-refractivity contribution in [1.82, 2.24) is 4.40 Å². The van der Waals surface area contributed by atoms with Gasteiger partial charge in [-0.05, 0) is 111 Å². The van der Waals surface area contributed by atoms with Gasteiger partial charge in [-0.3, -0.25) is 0 Å². The fourth-order valence-corrected chi connectivity index (χ4v) is 7.76. The number of para-hydroxylation sites is 1. The van der Waals surface area contributed by atoms with Gasteiger partial charge in [0.25, 0.3) is 0 Å². The van der Waals surface area contributed by atoms with Crippen LogP contribution in [-0.2, 0) is 12.8 Å². The summed E-state index contributed by atoms with van der Waals surface area (Å²) in [5.74, 6) is 0.318. The van der Waals surface area contributed by atoms with E-state index in [1.807, 2.05) is 0 Å². The van der Waals surface area contributed by atoms with Gasteiger partial charge in [0.2, 0.25) is 0 Å². The molecule has 1 atom stereocenters. The molecule has 8 aromatic rings. The van der Waals surface area contributed by atoms with E-state index < -0.39 is 0 Å². The SMILES string of the molecule is Cc1ccc(-c2ccc3c(c2)-c2cn4c(cc2CC3c2ccccc2)cc2ccccc24)cc1-c1ccccc1Cc1ccccc1. The highest BCUT2D eigenvalue weighted by molar-refractivity contribution is 5.90. The van der Waals surface area contributed by atoms with Crippen molar-refractivity contribution in [2.24, 2.45) is 0 Å². The average molecular weight is 602 g/mol. The van der Waals surface area contributed by atoms with Crippen LogP contribution in [-0.4, -0.2) is 4.40 Å². The second-order valence-electron chi connectivity index (χ2n) is 13.0. The highest BCUT2D eigenvalue weighted by atomic mass is 14.9. The lowest BCUT2D eigenvalue weighted by molar-refractivity contribution is 0.792. The van der Waals surface area contributed by atoms with E-state index in [-0.39, 0.29) is 0 Å². The molecule has 224 valence electrons. The van der Waals surface area contributed by atoms with E-state index in [0.29, 0.717) is 5.92 Å². The number of benzene rings is 6. The third-order valence-corrected chi connectivity index (χ3v) is 10.2. The minimum atomic E-state index is 0.318. The van der Waals surface area contributed by atoms with Crippen LogP contribution in [0.1, 0.15) is 39.3 Å². The number of hydrogen-bond donors (Lipinski definition) is 0. The summed E-state index contributed by atoms with van der Waals surface area (Å²) in [6, 6.07) is 58.3. The fraction of sp³-hybridized carbons (Fsp3) is 0.0870. The topological polar surface area (TPSA) is 4.41 Å². The largest absolute Gasteiger partial charge is 0.316 e. The predicted octanol–water partition coefficient (Wildman–Crippen LogP) is 11.7. The molecule has 0 aliphatic heterocycles. The molecule has 9 rings (SSSR count). The van der Waals surface area contributed by atoms with Gasteiger partial charge in [-0.1, -0.05) is 127 Å².